The highest BCUT2D eigenvalue weighted by atomic mass is 15.0. The molecule has 4 nitrogen and oxygen atoms in total. The molecule has 1 aromatic heterocycles. The van der Waals surface area contributed by atoms with E-state index in [0.29, 0.717) is 6.54 Å². The molecule has 0 aliphatic heterocycles. The topological polar surface area (TPSA) is 63.8 Å². The second-order valence-electron chi connectivity index (χ2n) is 4.78. The van der Waals surface area contributed by atoms with Gasteiger partial charge in [-0.15, -0.1) is 0 Å². The van der Waals surface area contributed by atoms with Gasteiger partial charge < -0.3 is 11.1 Å². The minimum atomic E-state index is 0.603. The Bertz CT molecular complexity index is 334. The summed E-state index contributed by atoms with van der Waals surface area (Å²) in [6.07, 6.45) is 9.44. The molecule has 0 bridgehead atoms. The molecule has 1 heterocycles. The van der Waals surface area contributed by atoms with E-state index in [-0.39, 0.29) is 0 Å². The van der Waals surface area contributed by atoms with Crippen molar-refractivity contribution < 1.29 is 0 Å². The number of aromatic nitrogens is 2. The summed E-state index contributed by atoms with van der Waals surface area (Å²) in [6.45, 7) is 1.64. The van der Waals surface area contributed by atoms with Crippen molar-refractivity contribution in [2.75, 3.05) is 18.4 Å². The molecule has 0 saturated heterocycles. The van der Waals surface area contributed by atoms with Crippen LogP contribution in [0.15, 0.2) is 12.3 Å². The summed E-state index contributed by atoms with van der Waals surface area (Å²) in [5.41, 5.74) is 5.50. The van der Waals surface area contributed by atoms with E-state index < -0.39 is 0 Å². The normalized spacial score (nSPS) is 17.0. The molecule has 17 heavy (non-hydrogen) atoms. The fourth-order valence-electron chi connectivity index (χ4n) is 2.39. The maximum Gasteiger partial charge on any atom is 0.131 e. The molecule has 3 N–H and O–H groups in total. The molecule has 4 heteroatoms. The average molecular weight is 234 g/mol. The zero-order valence-electron chi connectivity index (χ0n) is 10.4. The fraction of sp³-hybridized carbons (Fsp3) is 0.692. The van der Waals surface area contributed by atoms with Crippen LogP contribution < -0.4 is 11.1 Å². The van der Waals surface area contributed by atoms with Gasteiger partial charge in [-0.1, -0.05) is 19.3 Å². The Labute approximate surface area is 103 Å². The van der Waals surface area contributed by atoms with Crippen LogP contribution in [0.3, 0.4) is 0 Å². The van der Waals surface area contributed by atoms with E-state index in [0.717, 1.165) is 30.5 Å². The number of nitrogens with one attached hydrogen (secondary N) is 1. The van der Waals surface area contributed by atoms with Gasteiger partial charge in [0.05, 0.1) is 0 Å². The Hall–Kier alpha value is -1.16. The van der Waals surface area contributed by atoms with E-state index >= 15 is 0 Å². The molecule has 1 aromatic rings. The largest absolute Gasteiger partial charge is 0.370 e. The number of hydrogen-bond acceptors (Lipinski definition) is 4. The van der Waals surface area contributed by atoms with Crippen molar-refractivity contribution in [2.24, 2.45) is 11.7 Å². The van der Waals surface area contributed by atoms with E-state index in [2.05, 4.69) is 15.3 Å². The number of nitrogens with zero attached hydrogens (tertiary/aromatic N) is 2. The van der Waals surface area contributed by atoms with Gasteiger partial charge in [-0.2, -0.15) is 0 Å². The monoisotopic (exact) mass is 234 g/mol. The Morgan fingerprint density at radius 2 is 2.12 bits per heavy atom. The Kier molecular flexibility index (Phi) is 4.74. The van der Waals surface area contributed by atoms with Crippen LogP contribution in [0.1, 0.15) is 37.9 Å². The minimum absolute atomic E-state index is 0.603. The van der Waals surface area contributed by atoms with Crippen LogP contribution in [0, 0.1) is 5.92 Å². The highest BCUT2D eigenvalue weighted by Gasteiger charge is 2.13. The van der Waals surface area contributed by atoms with Gasteiger partial charge in [0.1, 0.15) is 11.6 Å². The SMILES string of the molecule is NCCc1nccc(NCC2CCCCC2)n1. The lowest BCUT2D eigenvalue weighted by Crippen LogP contribution is -2.18. The molecular weight excluding hydrogens is 212 g/mol. The van der Waals surface area contributed by atoms with Crippen LogP contribution in [0.25, 0.3) is 0 Å². The summed E-state index contributed by atoms with van der Waals surface area (Å²) >= 11 is 0. The molecule has 2 rings (SSSR count). The van der Waals surface area contributed by atoms with Gasteiger partial charge in [0, 0.05) is 19.2 Å². The maximum atomic E-state index is 5.50. The first-order chi connectivity index (χ1) is 8.38. The lowest BCUT2D eigenvalue weighted by atomic mass is 9.89. The minimum Gasteiger partial charge on any atom is -0.370 e. The third-order valence-electron chi connectivity index (χ3n) is 3.37. The van der Waals surface area contributed by atoms with E-state index in [1.165, 1.54) is 32.1 Å². The molecule has 1 aliphatic rings. The third kappa shape index (κ3) is 3.97. The first-order valence-electron chi connectivity index (χ1n) is 6.64. The molecule has 1 saturated carbocycles. The molecule has 0 atom stereocenters. The van der Waals surface area contributed by atoms with E-state index in [1.807, 2.05) is 6.07 Å². The zero-order chi connectivity index (χ0) is 11.9. The van der Waals surface area contributed by atoms with Crippen molar-refractivity contribution in [2.45, 2.75) is 38.5 Å². The van der Waals surface area contributed by atoms with Gasteiger partial charge in [0.25, 0.3) is 0 Å². The van der Waals surface area contributed by atoms with Crippen molar-refractivity contribution in [3.05, 3.63) is 18.1 Å². The molecule has 0 amide bonds. The molecule has 94 valence electrons. The molecular formula is C13H22N4. The number of rotatable bonds is 5. The first-order valence-corrected chi connectivity index (χ1v) is 6.64. The van der Waals surface area contributed by atoms with Crippen molar-refractivity contribution >= 4 is 5.82 Å². The van der Waals surface area contributed by atoms with Crippen LogP contribution in [-0.2, 0) is 6.42 Å². The molecule has 0 radical (unpaired) electrons. The zero-order valence-corrected chi connectivity index (χ0v) is 10.4. The molecule has 1 fully saturated rings. The van der Waals surface area contributed by atoms with Crippen LogP contribution in [0.2, 0.25) is 0 Å². The number of hydrogen-bond donors (Lipinski definition) is 2. The predicted octanol–water partition coefficient (Wildman–Crippen LogP) is 1.97. The molecule has 0 aromatic carbocycles. The lowest BCUT2D eigenvalue weighted by molar-refractivity contribution is 0.373. The highest BCUT2D eigenvalue weighted by molar-refractivity contribution is 5.32. The van der Waals surface area contributed by atoms with Crippen LogP contribution in [0.4, 0.5) is 5.82 Å². The molecule has 0 spiro atoms. The van der Waals surface area contributed by atoms with Crippen LogP contribution in [-0.4, -0.2) is 23.1 Å². The van der Waals surface area contributed by atoms with Crippen molar-refractivity contribution in [1.82, 2.24) is 9.97 Å². The fourth-order valence-corrected chi connectivity index (χ4v) is 2.39. The van der Waals surface area contributed by atoms with Crippen molar-refractivity contribution in [3.63, 3.8) is 0 Å². The summed E-state index contributed by atoms with van der Waals surface area (Å²) in [6, 6.07) is 1.93. The summed E-state index contributed by atoms with van der Waals surface area (Å²) in [7, 11) is 0. The number of anilines is 1. The summed E-state index contributed by atoms with van der Waals surface area (Å²) < 4.78 is 0. The van der Waals surface area contributed by atoms with Crippen LogP contribution in [0.5, 0.6) is 0 Å². The molecule has 0 unspecified atom stereocenters. The quantitative estimate of drug-likeness (QED) is 0.817. The van der Waals surface area contributed by atoms with Crippen molar-refractivity contribution in [1.29, 1.82) is 0 Å². The predicted molar refractivity (Wildman–Crippen MR) is 69.9 cm³/mol. The smallest absolute Gasteiger partial charge is 0.131 e. The van der Waals surface area contributed by atoms with Gasteiger partial charge in [-0.3, -0.25) is 0 Å². The maximum absolute atomic E-state index is 5.50. The van der Waals surface area contributed by atoms with Gasteiger partial charge in [-0.05, 0) is 31.4 Å². The van der Waals surface area contributed by atoms with Gasteiger partial charge in [0.2, 0.25) is 0 Å². The Morgan fingerprint density at radius 1 is 1.29 bits per heavy atom. The van der Waals surface area contributed by atoms with Crippen LogP contribution >= 0.6 is 0 Å². The second kappa shape index (κ2) is 6.55. The van der Waals surface area contributed by atoms with Gasteiger partial charge in [-0.25, -0.2) is 9.97 Å². The number of nitrogens with two attached hydrogens (primary N) is 1. The highest BCUT2D eigenvalue weighted by Crippen LogP contribution is 2.23. The van der Waals surface area contributed by atoms with Gasteiger partial charge in [0.15, 0.2) is 0 Å². The van der Waals surface area contributed by atoms with Gasteiger partial charge >= 0.3 is 0 Å². The lowest BCUT2D eigenvalue weighted by Gasteiger charge is -2.21. The third-order valence-corrected chi connectivity index (χ3v) is 3.37. The first kappa shape index (κ1) is 12.3. The average Bonchev–Trinajstić information content (AvgIpc) is 2.39. The summed E-state index contributed by atoms with van der Waals surface area (Å²) in [5.74, 6) is 2.59. The van der Waals surface area contributed by atoms with E-state index in [4.69, 9.17) is 5.73 Å². The van der Waals surface area contributed by atoms with E-state index in [1.54, 1.807) is 6.20 Å². The van der Waals surface area contributed by atoms with E-state index in [9.17, 15) is 0 Å². The second-order valence-corrected chi connectivity index (χ2v) is 4.78. The summed E-state index contributed by atoms with van der Waals surface area (Å²) in [5, 5.41) is 3.42. The molecule has 1 aliphatic carbocycles. The Morgan fingerprint density at radius 3 is 2.88 bits per heavy atom. The van der Waals surface area contributed by atoms with Crippen molar-refractivity contribution in [3.8, 4) is 0 Å². The Balaban J connectivity index is 1.83. The summed E-state index contributed by atoms with van der Waals surface area (Å²) in [4.78, 5) is 8.64. The standard InChI is InChI=1S/C13H22N4/c14-8-6-12-15-9-7-13(17-12)16-10-11-4-2-1-3-5-11/h7,9,11H,1-6,8,10,14H2,(H,15,16,17).